The van der Waals surface area contributed by atoms with Crippen LogP contribution in [0.1, 0.15) is 12.5 Å². The fourth-order valence-corrected chi connectivity index (χ4v) is 4.24. The molecule has 0 unspecified atom stereocenters. The first-order chi connectivity index (χ1) is 14.6. The van der Waals surface area contributed by atoms with Crippen molar-refractivity contribution in [2.75, 3.05) is 52.8 Å². The van der Waals surface area contributed by atoms with Crippen LogP contribution < -0.4 is 14.2 Å². The van der Waals surface area contributed by atoms with Crippen molar-refractivity contribution in [3.63, 3.8) is 0 Å². The number of rotatable bonds is 9. The van der Waals surface area contributed by atoms with Gasteiger partial charge in [0, 0.05) is 43.2 Å². The van der Waals surface area contributed by atoms with E-state index in [4.69, 9.17) is 14.2 Å². The lowest BCUT2D eigenvalue weighted by Crippen LogP contribution is -2.48. The van der Waals surface area contributed by atoms with E-state index in [0.717, 1.165) is 60.4 Å². The van der Waals surface area contributed by atoms with Gasteiger partial charge in [-0.2, -0.15) is 0 Å². The van der Waals surface area contributed by atoms with Crippen LogP contribution >= 0.6 is 11.8 Å². The largest absolute Gasteiger partial charge is 0.497 e. The second-order valence-electron chi connectivity index (χ2n) is 7.03. The van der Waals surface area contributed by atoms with E-state index in [1.165, 1.54) is 0 Å². The molecule has 0 aliphatic carbocycles. The van der Waals surface area contributed by atoms with Gasteiger partial charge in [0.05, 0.1) is 26.6 Å². The number of methoxy groups -OCH3 is 2. The molecule has 1 fully saturated rings. The second kappa shape index (κ2) is 11.1. The van der Waals surface area contributed by atoms with E-state index in [1.807, 2.05) is 54.3 Å². The van der Waals surface area contributed by atoms with E-state index in [1.54, 1.807) is 26.0 Å². The Bertz CT molecular complexity index is 820. The highest BCUT2D eigenvalue weighted by Gasteiger charge is 2.22. The van der Waals surface area contributed by atoms with Gasteiger partial charge in [-0.1, -0.05) is 0 Å². The SMILES string of the molecule is CCOc1ccc(SCC(=O)N2CCN(Cc3cc(OC)ccc3OC)CC2)cc1. The molecule has 1 heterocycles. The van der Waals surface area contributed by atoms with Crippen LogP contribution in [0.5, 0.6) is 17.2 Å². The van der Waals surface area contributed by atoms with Crippen molar-refractivity contribution in [2.45, 2.75) is 18.4 Å². The van der Waals surface area contributed by atoms with Crippen molar-refractivity contribution in [3.05, 3.63) is 48.0 Å². The van der Waals surface area contributed by atoms with Crippen molar-refractivity contribution in [1.29, 1.82) is 0 Å². The van der Waals surface area contributed by atoms with E-state index in [0.29, 0.717) is 12.4 Å². The number of nitrogens with zero attached hydrogens (tertiary/aromatic N) is 2. The quantitative estimate of drug-likeness (QED) is 0.567. The lowest BCUT2D eigenvalue weighted by molar-refractivity contribution is -0.130. The zero-order valence-corrected chi connectivity index (χ0v) is 18.7. The highest BCUT2D eigenvalue weighted by Crippen LogP contribution is 2.26. The molecule has 0 N–H and O–H groups in total. The molecule has 2 aromatic carbocycles. The summed E-state index contributed by atoms with van der Waals surface area (Å²) in [6.45, 7) is 6.59. The number of amides is 1. The van der Waals surface area contributed by atoms with E-state index < -0.39 is 0 Å². The molecule has 1 saturated heterocycles. The minimum absolute atomic E-state index is 0.187. The van der Waals surface area contributed by atoms with Crippen LogP contribution in [0.4, 0.5) is 0 Å². The predicted molar refractivity (Wildman–Crippen MR) is 120 cm³/mol. The normalized spacial score (nSPS) is 14.4. The molecule has 3 rings (SSSR count). The highest BCUT2D eigenvalue weighted by molar-refractivity contribution is 8.00. The molecule has 1 aliphatic rings. The van der Waals surface area contributed by atoms with Crippen molar-refractivity contribution >= 4 is 17.7 Å². The number of benzene rings is 2. The van der Waals surface area contributed by atoms with Gasteiger partial charge in [0.15, 0.2) is 0 Å². The lowest BCUT2D eigenvalue weighted by atomic mass is 10.1. The van der Waals surface area contributed by atoms with Crippen LogP contribution in [-0.4, -0.2) is 68.5 Å². The molecule has 0 aromatic heterocycles. The number of thioether (sulfide) groups is 1. The van der Waals surface area contributed by atoms with E-state index in [9.17, 15) is 4.79 Å². The molecule has 0 bridgehead atoms. The number of ether oxygens (including phenoxy) is 3. The number of hydrogen-bond acceptors (Lipinski definition) is 6. The summed E-state index contributed by atoms with van der Waals surface area (Å²) < 4.78 is 16.3. The molecule has 6 nitrogen and oxygen atoms in total. The monoisotopic (exact) mass is 430 g/mol. The Morgan fingerprint density at radius 1 is 0.967 bits per heavy atom. The van der Waals surface area contributed by atoms with Gasteiger partial charge in [-0.15, -0.1) is 11.8 Å². The van der Waals surface area contributed by atoms with Gasteiger partial charge in [-0.3, -0.25) is 9.69 Å². The summed E-state index contributed by atoms with van der Waals surface area (Å²) in [5, 5.41) is 0. The van der Waals surface area contributed by atoms with E-state index in [-0.39, 0.29) is 5.91 Å². The number of carbonyl (C=O) groups excluding carboxylic acids is 1. The number of hydrogen-bond donors (Lipinski definition) is 0. The average molecular weight is 431 g/mol. The lowest BCUT2D eigenvalue weighted by Gasteiger charge is -2.35. The molecule has 0 spiro atoms. The fourth-order valence-electron chi connectivity index (χ4n) is 3.44. The highest BCUT2D eigenvalue weighted by atomic mass is 32.2. The summed E-state index contributed by atoms with van der Waals surface area (Å²) in [7, 11) is 3.35. The fraction of sp³-hybridized carbons (Fsp3) is 0.435. The van der Waals surface area contributed by atoms with Gasteiger partial charge in [-0.05, 0) is 49.4 Å². The summed E-state index contributed by atoms with van der Waals surface area (Å²) in [6.07, 6.45) is 0. The van der Waals surface area contributed by atoms with Crippen LogP contribution in [0.25, 0.3) is 0 Å². The van der Waals surface area contributed by atoms with Crippen LogP contribution in [0, 0.1) is 0 Å². The molecule has 0 atom stereocenters. The van der Waals surface area contributed by atoms with Gasteiger partial charge in [-0.25, -0.2) is 0 Å². The predicted octanol–water partition coefficient (Wildman–Crippen LogP) is 3.54. The molecule has 30 heavy (non-hydrogen) atoms. The van der Waals surface area contributed by atoms with Gasteiger partial charge < -0.3 is 19.1 Å². The van der Waals surface area contributed by atoms with E-state index in [2.05, 4.69) is 4.90 Å². The maximum Gasteiger partial charge on any atom is 0.233 e. The van der Waals surface area contributed by atoms with Gasteiger partial charge in [0.25, 0.3) is 0 Å². The maximum atomic E-state index is 12.6. The Kier molecular flexibility index (Phi) is 8.28. The summed E-state index contributed by atoms with van der Waals surface area (Å²) in [6, 6.07) is 13.8. The standard InChI is InChI=1S/C23H30N2O4S/c1-4-29-19-5-8-21(9-6-19)30-17-23(26)25-13-11-24(12-14-25)16-18-15-20(27-2)7-10-22(18)28-3/h5-10,15H,4,11-14,16-17H2,1-3H3. The van der Waals surface area contributed by atoms with Crippen molar-refractivity contribution in [2.24, 2.45) is 0 Å². The summed E-state index contributed by atoms with van der Waals surface area (Å²) >= 11 is 1.57. The zero-order chi connectivity index (χ0) is 21.3. The Balaban J connectivity index is 1.46. The van der Waals surface area contributed by atoms with Crippen molar-refractivity contribution < 1.29 is 19.0 Å². The molecular formula is C23H30N2O4S. The first kappa shape index (κ1) is 22.3. The Morgan fingerprint density at radius 3 is 2.30 bits per heavy atom. The molecule has 2 aromatic rings. The third kappa shape index (κ3) is 6.06. The summed E-state index contributed by atoms with van der Waals surface area (Å²) in [4.78, 5) is 18.0. The molecular weight excluding hydrogens is 400 g/mol. The smallest absolute Gasteiger partial charge is 0.233 e. The topological polar surface area (TPSA) is 51.2 Å². The Labute approximate surface area is 183 Å². The minimum Gasteiger partial charge on any atom is -0.497 e. The van der Waals surface area contributed by atoms with Crippen LogP contribution in [0.15, 0.2) is 47.4 Å². The van der Waals surface area contributed by atoms with Gasteiger partial charge in [0.2, 0.25) is 5.91 Å². The Morgan fingerprint density at radius 2 is 1.67 bits per heavy atom. The molecule has 1 amide bonds. The Hall–Kier alpha value is -2.38. The molecule has 7 heteroatoms. The van der Waals surface area contributed by atoms with Crippen LogP contribution in [-0.2, 0) is 11.3 Å². The zero-order valence-electron chi connectivity index (χ0n) is 17.9. The minimum atomic E-state index is 0.187. The number of carbonyl (C=O) groups is 1. The first-order valence-corrected chi connectivity index (χ1v) is 11.2. The molecule has 1 aliphatic heterocycles. The molecule has 162 valence electrons. The van der Waals surface area contributed by atoms with Crippen molar-refractivity contribution in [1.82, 2.24) is 9.80 Å². The van der Waals surface area contributed by atoms with Gasteiger partial charge >= 0.3 is 0 Å². The summed E-state index contributed by atoms with van der Waals surface area (Å²) in [5.74, 6) is 3.19. The van der Waals surface area contributed by atoms with Gasteiger partial charge in [0.1, 0.15) is 17.2 Å². The summed E-state index contributed by atoms with van der Waals surface area (Å²) in [5.41, 5.74) is 1.10. The molecule has 0 saturated carbocycles. The third-order valence-corrected chi connectivity index (χ3v) is 6.10. The second-order valence-corrected chi connectivity index (χ2v) is 8.08. The third-order valence-electron chi connectivity index (χ3n) is 5.10. The average Bonchev–Trinajstić information content (AvgIpc) is 2.79. The first-order valence-electron chi connectivity index (χ1n) is 10.2. The maximum absolute atomic E-state index is 12.6. The van der Waals surface area contributed by atoms with Crippen LogP contribution in [0.3, 0.4) is 0 Å². The molecule has 0 radical (unpaired) electrons. The van der Waals surface area contributed by atoms with E-state index >= 15 is 0 Å². The number of piperazine rings is 1. The van der Waals surface area contributed by atoms with Crippen LogP contribution in [0.2, 0.25) is 0 Å². The van der Waals surface area contributed by atoms with Crippen molar-refractivity contribution in [3.8, 4) is 17.2 Å².